The normalized spacial score (nSPS) is 11.1. The van der Waals surface area contributed by atoms with Gasteiger partial charge < -0.3 is 9.15 Å². The maximum absolute atomic E-state index is 11.6. The van der Waals surface area contributed by atoms with Crippen LogP contribution in [0.1, 0.15) is 13.8 Å². The number of nitrogens with zero attached hydrogens (tertiary/aromatic N) is 2. The van der Waals surface area contributed by atoms with Crippen LogP contribution in [0.3, 0.4) is 0 Å². The standard InChI is InChI=1S/C10H12N2O3/c1-7(2)6-15-10(13)12-8-3-4-14-9(8)5-11-12/h3-5,7H,6H2,1-2H3. The number of rotatable bonds is 2. The van der Waals surface area contributed by atoms with Crippen LogP contribution in [0.25, 0.3) is 11.1 Å². The molecule has 2 heterocycles. The maximum atomic E-state index is 11.6. The van der Waals surface area contributed by atoms with E-state index in [2.05, 4.69) is 5.10 Å². The Morgan fingerprint density at radius 1 is 1.67 bits per heavy atom. The lowest BCUT2D eigenvalue weighted by atomic mass is 10.2. The highest BCUT2D eigenvalue weighted by molar-refractivity contribution is 5.84. The van der Waals surface area contributed by atoms with Gasteiger partial charge in [-0.15, -0.1) is 0 Å². The van der Waals surface area contributed by atoms with Crippen LogP contribution in [-0.4, -0.2) is 22.5 Å². The van der Waals surface area contributed by atoms with E-state index in [0.717, 1.165) is 0 Å². The van der Waals surface area contributed by atoms with Gasteiger partial charge in [-0.2, -0.15) is 9.78 Å². The second-order valence-corrected chi connectivity index (χ2v) is 3.70. The van der Waals surface area contributed by atoms with Gasteiger partial charge in [-0.1, -0.05) is 13.8 Å². The second kappa shape index (κ2) is 3.76. The number of hydrogen-bond donors (Lipinski definition) is 0. The fourth-order valence-electron chi connectivity index (χ4n) is 1.20. The van der Waals surface area contributed by atoms with Crippen molar-refractivity contribution < 1.29 is 13.9 Å². The molecular formula is C10H12N2O3. The molecule has 5 heteroatoms. The second-order valence-electron chi connectivity index (χ2n) is 3.70. The molecule has 0 aliphatic carbocycles. The summed E-state index contributed by atoms with van der Waals surface area (Å²) in [5.41, 5.74) is 1.21. The van der Waals surface area contributed by atoms with Gasteiger partial charge in [0.15, 0.2) is 5.58 Å². The van der Waals surface area contributed by atoms with Crippen LogP contribution < -0.4 is 0 Å². The molecule has 0 saturated heterocycles. The van der Waals surface area contributed by atoms with Crippen LogP contribution in [0.2, 0.25) is 0 Å². The third kappa shape index (κ3) is 1.86. The van der Waals surface area contributed by atoms with Crippen molar-refractivity contribution in [2.24, 2.45) is 5.92 Å². The van der Waals surface area contributed by atoms with Gasteiger partial charge in [-0.25, -0.2) is 4.79 Å². The lowest BCUT2D eigenvalue weighted by Crippen LogP contribution is -2.17. The molecule has 0 atom stereocenters. The van der Waals surface area contributed by atoms with Crippen molar-refractivity contribution in [3.63, 3.8) is 0 Å². The van der Waals surface area contributed by atoms with Gasteiger partial charge in [0.2, 0.25) is 0 Å². The summed E-state index contributed by atoms with van der Waals surface area (Å²) < 4.78 is 11.3. The van der Waals surface area contributed by atoms with E-state index < -0.39 is 6.09 Å². The molecule has 0 unspecified atom stereocenters. The summed E-state index contributed by atoms with van der Waals surface area (Å²) in [6.07, 6.45) is 2.53. The lowest BCUT2D eigenvalue weighted by molar-refractivity contribution is 0.132. The van der Waals surface area contributed by atoms with E-state index in [1.807, 2.05) is 13.8 Å². The first-order valence-electron chi connectivity index (χ1n) is 4.77. The zero-order chi connectivity index (χ0) is 10.8. The average molecular weight is 208 g/mol. The Hall–Kier alpha value is -1.78. The predicted molar refractivity (Wildman–Crippen MR) is 53.6 cm³/mol. The van der Waals surface area contributed by atoms with Crippen molar-refractivity contribution in [2.45, 2.75) is 13.8 Å². The van der Waals surface area contributed by atoms with Crippen LogP contribution in [0.15, 0.2) is 22.9 Å². The van der Waals surface area contributed by atoms with E-state index >= 15 is 0 Å². The van der Waals surface area contributed by atoms with Gasteiger partial charge >= 0.3 is 6.09 Å². The highest BCUT2D eigenvalue weighted by Gasteiger charge is 2.13. The molecule has 80 valence electrons. The van der Waals surface area contributed by atoms with Gasteiger partial charge in [0.25, 0.3) is 0 Å². The Morgan fingerprint density at radius 3 is 3.20 bits per heavy atom. The van der Waals surface area contributed by atoms with Crippen LogP contribution in [-0.2, 0) is 4.74 Å². The first-order chi connectivity index (χ1) is 7.18. The van der Waals surface area contributed by atoms with Crippen molar-refractivity contribution in [2.75, 3.05) is 6.61 Å². The summed E-state index contributed by atoms with van der Waals surface area (Å²) in [5.74, 6) is 0.310. The van der Waals surface area contributed by atoms with Gasteiger partial charge in [-0.3, -0.25) is 0 Å². The Kier molecular flexibility index (Phi) is 2.45. The van der Waals surface area contributed by atoms with Crippen molar-refractivity contribution in [1.29, 1.82) is 0 Å². The van der Waals surface area contributed by atoms with E-state index in [9.17, 15) is 4.79 Å². The largest absolute Gasteiger partial charge is 0.461 e. The molecule has 0 N–H and O–H groups in total. The topological polar surface area (TPSA) is 57.3 Å². The fourth-order valence-corrected chi connectivity index (χ4v) is 1.20. The summed E-state index contributed by atoms with van der Waals surface area (Å²) in [6, 6.07) is 1.68. The Labute approximate surface area is 86.6 Å². The minimum absolute atomic E-state index is 0.310. The third-order valence-electron chi connectivity index (χ3n) is 1.91. The molecular weight excluding hydrogens is 196 g/mol. The quantitative estimate of drug-likeness (QED) is 0.759. The fraction of sp³-hybridized carbons (Fsp3) is 0.400. The number of fused-ring (bicyclic) bond motifs is 1. The van der Waals surface area contributed by atoms with Crippen LogP contribution in [0.5, 0.6) is 0 Å². The minimum atomic E-state index is -0.472. The van der Waals surface area contributed by atoms with Crippen molar-refractivity contribution in [3.8, 4) is 0 Å². The molecule has 0 aromatic carbocycles. The highest BCUT2D eigenvalue weighted by Crippen LogP contribution is 2.14. The van der Waals surface area contributed by atoms with Crippen LogP contribution in [0.4, 0.5) is 4.79 Å². The van der Waals surface area contributed by atoms with E-state index in [1.54, 1.807) is 6.07 Å². The third-order valence-corrected chi connectivity index (χ3v) is 1.91. The molecule has 0 spiro atoms. The van der Waals surface area contributed by atoms with E-state index in [-0.39, 0.29) is 0 Å². The maximum Gasteiger partial charge on any atom is 0.435 e. The Balaban J connectivity index is 2.17. The molecule has 0 saturated carbocycles. The highest BCUT2D eigenvalue weighted by atomic mass is 16.6. The molecule has 2 rings (SSSR count). The predicted octanol–water partition coefficient (Wildman–Crippen LogP) is 2.27. The molecule has 2 aromatic rings. The number of ether oxygens (including phenoxy) is 1. The number of carbonyl (C=O) groups is 1. The molecule has 0 aliphatic rings. The van der Waals surface area contributed by atoms with Gasteiger partial charge in [0, 0.05) is 6.07 Å². The number of carbonyl (C=O) groups excluding carboxylic acids is 1. The summed E-state index contributed by atoms with van der Waals surface area (Å²) in [5, 5.41) is 3.88. The molecule has 15 heavy (non-hydrogen) atoms. The molecule has 0 bridgehead atoms. The van der Waals surface area contributed by atoms with Gasteiger partial charge in [0.05, 0.1) is 19.1 Å². The number of furan rings is 1. The SMILES string of the molecule is CC(C)COC(=O)n1ncc2occc21. The first kappa shape index (κ1) is 9.76. The molecule has 2 aromatic heterocycles. The van der Waals surface area contributed by atoms with Crippen LogP contribution >= 0.6 is 0 Å². The number of hydrogen-bond acceptors (Lipinski definition) is 4. The monoisotopic (exact) mass is 208 g/mol. The smallest absolute Gasteiger partial charge is 0.435 e. The summed E-state index contributed by atoms with van der Waals surface area (Å²) in [6.45, 7) is 4.34. The van der Waals surface area contributed by atoms with E-state index in [1.165, 1.54) is 17.1 Å². The van der Waals surface area contributed by atoms with Gasteiger partial charge in [-0.05, 0) is 5.92 Å². The minimum Gasteiger partial charge on any atom is -0.461 e. The molecule has 0 fully saturated rings. The average Bonchev–Trinajstić information content (AvgIpc) is 2.74. The molecule has 0 radical (unpaired) electrons. The lowest BCUT2D eigenvalue weighted by Gasteiger charge is -2.06. The number of aromatic nitrogens is 2. The van der Waals surface area contributed by atoms with Gasteiger partial charge in [0.1, 0.15) is 5.52 Å². The molecule has 0 aliphatic heterocycles. The van der Waals surface area contributed by atoms with Crippen molar-refractivity contribution in [1.82, 2.24) is 9.78 Å². The molecule has 0 amide bonds. The van der Waals surface area contributed by atoms with E-state index in [4.69, 9.17) is 9.15 Å². The van der Waals surface area contributed by atoms with Crippen LogP contribution in [0, 0.1) is 5.92 Å². The zero-order valence-corrected chi connectivity index (χ0v) is 8.64. The zero-order valence-electron chi connectivity index (χ0n) is 8.64. The van der Waals surface area contributed by atoms with E-state index in [0.29, 0.717) is 23.6 Å². The first-order valence-corrected chi connectivity index (χ1v) is 4.77. The van der Waals surface area contributed by atoms with Crippen molar-refractivity contribution >= 4 is 17.2 Å². The van der Waals surface area contributed by atoms with Crippen molar-refractivity contribution in [3.05, 3.63) is 18.5 Å². The summed E-state index contributed by atoms with van der Waals surface area (Å²) in [4.78, 5) is 11.6. The summed E-state index contributed by atoms with van der Waals surface area (Å²) >= 11 is 0. The summed E-state index contributed by atoms with van der Waals surface area (Å²) in [7, 11) is 0. The Morgan fingerprint density at radius 2 is 2.47 bits per heavy atom. The Bertz CT molecular complexity index is 470. The molecule has 5 nitrogen and oxygen atoms in total.